The summed E-state index contributed by atoms with van der Waals surface area (Å²) in [5.41, 5.74) is 1.96. The van der Waals surface area contributed by atoms with Crippen molar-refractivity contribution in [2.45, 2.75) is 19.8 Å². The highest BCUT2D eigenvalue weighted by Crippen LogP contribution is 2.29. The van der Waals surface area contributed by atoms with E-state index >= 15 is 0 Å². The zero-order chi connectivity index (χ0) is 20.4. The van der Waals surface area contributed by atoms with E-state index in [1.54, 1.807) is 26.2 Å². The van der Waals surface area contributed by atoms with Gasteiger partial charge in [-0.3, -0.25) is 4.79 Å². The molecule has 0 aliphatic carbocycles. The lowest BCUT2D eigenvalue weighted by atomic mass is 10.1. The second-order valence-electron chi connectivity index (χ2n) is 6.38. The molecule has 1 N–H and O–H groups in total. The van der Waals surface area contributed by atoms with Crippen LogP contribution < -0.4 is 10.1 Å². The van der Waals surface area contributed by atoms with Crippen molar-refractivity contribution in [3.05, 3.63) is 53.7 Å². The highest BCUT2D eigenvalue weighted by Gasteiger charge is 2.13. The molecule has 0 aliphatic rings. The van der Waals surface area contributed by atoms with Crippen LogP contribution in [0.4, 0.5) is 9.52 Å². The maximum absolute atomic E-state index is 13.4. The van der Waals surface area contributed by atoms with Gasteiger partial charge in [-0.1, -0.05) is 16.5 Å². The number of fused-ring (bicyclic) bond motifs is 1. The van der Waals surface area contributed by atoms with Gasteiger partial charge >= 0.3 is 0 Å². The molecule has 0 atom stereocenters. The Balaban J connectivity index is 1.37. The number of thiazole rings is 1. The minimum absolute atomic E-state index is 0.170. The Kier molecular flexibility index (Phi) is 5.22. The van der Waals surface area contributed by atoms with Crippen LogP contribution in [-0.4, -0.2) is 28.1 Å². The Morgan fingerprint density at radius 3 is 2.90 bits per heavy atom. The lowest BCUT2D eigenvalue weighted by Gasteiger charge is -1.99. The Morgan fingerprint density at radius 1 is 1.24 bits per heavy atom. The van der Waals surface area contributed by atoms with Gasteiger partial charge in [0, 0.05) is 18.4 Å². The molecule has 2 aromatic heterocycles. The lowest BCUT2D eigenvalue weighted by molar-refractivity contribution is -0.116. The Hall–Kier alpha value is -3.33. The number of carbonyl (C=O) groups excluding carboxylic acids is 1. The highest BCUT2D eigenvalue weighted by molar-refractivity contribution is 7.22. The third-order valence-electron chi connectivity index (χ3n) is 4.29. The molecule has 29 heavy (non-hydrogen) atoms. The zero-order valence-electron chi connectivity index (χ0n) is 15.7. The normalized spacial score (nSPS) is 11.0. The van der Waals surface area contributed by atoms with Crippen molar-refractivity contribution in [3.8, 4) is 17.1 Å². The molecule has 1 amide bonds. The van der Waals surface area contributed by atoms with Crippen molar-refractivity contribution >= 4 is 32.6 Å². The molecule has 2 heterocycles. The van der Waals surface area contributed by atoms with E-state index in [2.05, 4.69) is 20.4 Å². The van der Waals surface area contributed by atoms with Crippen LogP contribution in [0.2, 0.25) is 0 Å². The number of amides is 1. The number of methoxy groups -OCH3 is 1. The summed E-state index contributed by atoms with van der Waals surface area (Å²) in [6.45, 7) is 1.67. The number of ether oxygens (including phenoxy) is 1. The van der Waals surface area contributed by atoms with Crippen LogP contribution in [0, 0.1) is 12.7 Å². The van der Waals surface area contributed by atoms with Gasteiger partial charge in [-0.05, 0) is 48.9 Å². The van der Waals surface area contributed by atoms with Gasteiger partial charge in [-0.25, -0.2) is 9.37 Å². The summed E-state index contributed by atoms with van der Waals surface area (Å²) in [4.78, 5) is 20.9. The summed E-state index contributed by atoms with van der Waals surface area (Å²) in [7, 11) is 1.60. The average molecular weight is 412 g/mol. The van der Waals surface area contributed by atoms with Gasteiger partial charge in [0.1, 0.15) is 11.6 Å². The number of carbonyl (C=O) groups is 1. The third-order valence-corrected chi connectivity index (χ3v) is 5.23. The van der Waals surface area contributed by atoms with E-state index in [9.17, 15) is 9.18 Å². The van der Waals surface area contributed by atoms with Crippen LogP contribution >= 0.6 is 11.3 Å². The van der Waals surface area contributed by atoms with Crippen LogP contribution in [0.25, 0.3) is 21.6 Å². The van der Waals surface area contributed by atoms with Crippen molar-refractivity contribution in [1.82, 2.24) is 15.1 Å². The van der Waals surface area contributed by atoms with Crippen molar-refractivity contribution in [2.24, 2.45) is 0 Å². The Labute approximate surface area is 169 Å². The molecule has 0 saturated heterocycles. The molecule has 9 heteroatoms. The molecular formula is C20H17FN4O3S. The monoisotopic (exact) mass is 412 g/mol. The second kappa shape index (κ2) is 7.96. The topological polar surface area (TPSA) is 90.1 Å². The molecule has 0 aliphatic heterocycles. The SMILES string of the molecule is COc1ccc2nc(NC(=O)CCc3nc(-c4ccc(F)c(C)c4)no3)sc2c1. The molecule has 7 nitrogen and oxygen atoms in total. The highest BCUT2D eigenvalue weighted by atomic mass is 32.1. The summed E-state index contributed by atoms with van der Waals surface area (Å²) in [5.74, 6) is 0.952. The van der Waals surface area contributed by atoms with Gasteiger partial charge in [0.2, 0.25) is 17.6 Å². The van der Waals surface area contributed by atoms with E-state index in [1.807, 2.05) is 18.2 Å². The first-order valence-corrected chi connectivity index (χ1v) is 9.67. The Morgan fingerprint density at radius 2 is 2.10 bits per heavy atom. The number of hydrogen-bond donors (Lipinski definition) is 1. The standard InChI is InChI=1S/C20H17FN4O3S/c1-11-9-12(3-5-14(11)21)19-24-18(28-25-19)8-7-17(26)23-20-22-15-6-4-13(27-2)10-16(15)29-20/h3-6,9-10H,7-8H2,1-2H3,(H,22,23,26). The summed E-state index contributed by atoms with van der Waals surface area (Å²) in [6.07, 6.45) is 0.459. The first-order valence-electron chi connectivity index (χ1n) is 8.85. The smallest absolute Gasteiger partial charge is 0.227 e. The van der Waals surface area contributed by atoms with Crippen LogP contribution in [0.1, 0.15) is 17.9 Å². The lowest BCUT2D eigenvalue weighted by Crippen LogP contribution is -2.12. The first kappa shape index (κ1) is 19.0. The van der Waals surface area contributed by atoms with Gasteiger partial charge in [0.05, 0.1) is 17.3 Å². The van der Waals surface area contributed by atoms with Gasteiger partial charge < -0.3 is 14.6 Å². The quantitative estimate of drug-likeness (QED) is 0.506. The van der Waals surface area contributed by atoms with Gasteiger partial charge in [0.15, 0.2) is 5.13 Å². The third kappa shape index (κ3) is 4.24. The van der Waals surface area contributed by atoms with Gasteiger partial charge in [0.25, 0.3) is 0 Å². The molecule has 0 bridgehead atoms. The minimum Gasteiger partial charge on any atom is -0.497 e. The van der Waals surface area contributed by atoms with Crippen LogP contribution in [0.3, 0.4) is 0 Å². The van der Waals surface area contributed by atoms with E-state index in [-0.39, 0.29) is 24.6 Å². The number of nitrogens with one attached hydrogen (secondary N) is 1. The second-order valence-corrected chi connectivity index (χ2v) is 7.41. The Bertz CT molecular complexity index is 1190. The predicted molar refractivity (Wildman–Crippen MR) is 108 cm³/mol. The molecule has 2 aromatic carbocycles. The number of aromatic nitrogens is 3. The largest absolute Gasteiger partial charge is 0.497 e. The molecule has 4 aromatic rings. The fourth-order valence-electron chi connectivity index (χ4n) is 2.75. The summed E-state index contributed by atoms with van der Waals surface area (Å²) >= 11 is 1.38. The van der Waals surface area contributed by atoms with Crippen LogP contribution in [0.5, 0.6) is 5.75 Å². The van der Waals surface area contributed by atoms with Crippen molar-refractivity contribution in [1.29, 1.82) is 0 Å². The van der Waals surface area contributed by atoms with Gasteiger partial charge in [-0.15, -0.1) is 0 Å². The van der Waals surface area contributed by atoms with E-state index < -0.39 is 0 Å². The number of hydrogen-bond acceptors (Lipinski definition) is 7. The maximum atomic E-state index is 13.4. The maximum Gasteiger partial charge on any atom is 0.227 e. The van der Waals surface area contributed by atoms with Gasteiger partial charge in [-0.2, -0.15) is 4.98 Å². The number of nitrogens with zero attached hydrogens (tertiary/aromatic N) is 3. The molecule has 0 fully saturated rings. The van der Waals surface area contributed by atoms with Crippen LogP contribution in [-0.2, 0) is 11.2 Å². The van der Waals surface area contributed by atoms with Crippen molar-refractivity contribution in [2.75, 3.05) is 12.4 Å². The van der Waals surface area contributed by atoms with E-state index in [1.165, 1.54) is 17.4 Å². The predicted octanol–water partition coefficient (Wildman–Crippen LogP) is 4.37. The summed E-state index contributed by atoms with van der Waals surface area (Å²) < 4.78 is 24.7. The number of rotatable bonds is 6. The molecule has 0 saturated carbocycles. The first-order chi connectivity index (χ1) is 14.0. The summed E-state index contributed by atoms with van der Waals surface area (Å²) in [5, 5.41) is 7.21. The molecule has 0 radical (unpaired) electrons. The average Bonchev–Trinajstić information content (AvgIpc) is 3.34. The zero-order valence-corrected chi connectivity index (χ0v) is 16.5. The fourth-order valence-corrected chi connectivity index (χ4v) is 3.66. The molecule has 0 spiro atoms. The molecule has 4 rings (SSSR count). The number of benzene rings is 2. The van der Waals surface area contributed by atoms with Crippen molar-refractivity contribution < 1.29 is 18.4 Å². The fraction of sp³-hybridized carbons (Fsp3) is 0.200. The number of anilines is 1. The van der Waals surface area contributed by atoms with E-state index in [0.717, 1.165) is 16.0 Å². The van der Waals surface area contributed by atoms with E-state index in [0.29, 0.717) is 28.0 Å². The number of aryl methyl sites for hydroxylation is 2. The van der Waals surface area contributed by atoms with E-state index in [4.69, 9.17) is 9.26 Å². The summed E-state index contributed by atoms with van der Waals surface area (Å²) in [6, 6.07) is 10.1. The molecular weight excluding hydrogens is 395 g/mol. The molecule has 0 unspecified atom stereocenters. The number of halogens is 1. The van der Waals surface area contributed by atoms with Crippen LogP contribution in [0.15, 0.2) is 40.9 Å². The minimum atomic E-state index is -0.289. The van der Waals surface area contributed by atoms with Crippen molar-refractivity contribution in [3.63, 3.8) is 0 Å². The molecule has 148 valence electrons.